The minimum absolute atomic E-state index is 0.165. The van der Waals surface area contributed by atoms with Crippen molar-refractivity contribution < 1.29 is 19.2 Å². The number of hydrogen-bond donors (Lipinski definition) is 2. The molecule has 2 fully saturated rings. The van der Waals surface area contributed by atoms with Crippen molar-refractivity contribution in [2.75, 3.05) is 0 Å². The Kier molecular flexibility index (Phi) is 5.94. The van der Waals surface area contributed by atoms with Gasteiger partial charge in [0.05, 0.1) is 0 Å². The van der Waals surface area contributed by atoms with Crippen LogP contribution in [-0.4, -0.2) is 32.7 Å². The second-order valence-electron chi connectivity index (χ2n) is 7.81. The monoisotopic (exact) mass is 363 g/mol. The molecule has 3 rings (SSSR count). The van der Waals surface area contributed by atoms with E-state index >= 15 is 0 Å². The van der Waals surface area contributed by atoms with Crippen LogP contribution in [0, 0.1) is 5.92 Å². The van der Waals surface area contributed by atoms with Gasteiger partial charge in [-0.3, -0.25) is 4.79 Å². The van der Waals surface area contributed by atoms with E-state index in [2.05, 4.69) is 22.4 Å². The number of nitrogens with zero attached hydrogens (tertiary/aromatic N) is 2. The molecule has 0 aliphatic heterocycles. The van der Waals surface area contributed by atoms with Gasteiger partial charge in [0.2, 0.25) is 11.8 Å². The Hall–Kier alpha value is -1.92. The lowest BCUT2D eigenvalue weighted by molar-refractivity contribution is -0.149. The van der Waals surface area contributed by atoms with Crippen molar-refractivity contribution in [1.29, 1.82) is 0 Å². The number of hydrogen-bond acceptors (Lipinski definition) is 5. The third-order valence-electron chi connectivity index (χ3n) is 6.09. The molecule has 2 N–H and O–H groups in total. The molecule has 144 valence electrons. The first-order valence-corrected chi connectivity index (χ1v) is 9.89. The summed E-state index contributed by atoms with van der Waals surface area (Å²) in [5.74, 6) is 0.959. The van der Waals surface area contributed by atoms with Gasteiger partial charge in [-0.15, -0.1) is 0 Å². The fourth-order valence-corrected chi connectivity index (χ4v) is 4.24. The Morgan fingerprint density at radius 1 is 1.23 bits per heavy atom. The van der Waals surface area contributed by atoms with E-state index in [1.165, 1.54) is 12.8 Å². The van der Waals surface area contributed by atoms with Crippen LogP contribution in [0.15, 0.2) is 4.52 Å². The molecule has 0 saturated heterocycles. The Morgan fingerprint density at radius 3 is 2.54 bits per heavy atom. The molecule has 0 atom stereocenters. The highest BCUT2D eigenvalue weighted by atomic mass is 16.5. The maximum Gasteiger partial charge on any atom is 0.329 e. The molecule has 2 aliphatic carbocycles. The summed E-state index contributed by atoms with van der Waals surface area (Å²) in [4.78, 5) is 28.5. The molecule has 0 unspecified atom stereocenters. The molecule has 1 heterocycles. The van der Waals surface area contributed by atoms with Crippen molar-refractivity contribution in [3.05, 3.63) is 11.7 Å². The number of carboxylic acids is 1. The van der Waals surface area contributed by atoms with E-state index in [4.69, 9.17) is 4.52 Å². The fraction of sp³-hybridized carbons (Fsp3) is 0.789. The minimum Gasteiger partial charge on any atom is -0.480 e. The van der Waals surface area contributed by atoms with Gasteiger partial charge in [0, 0.05) is 18.8 Å². The number of aliphatic carboxylic acids is 1. The molecule has 2 saturated carbocycles. The van der Waals surface area contributed by atoms with E-state index in [1.54, 1.807) is 0 Å². The molecule has 0 spiro atoms. The van der Waals surface area contributed by atoms with Crippen LogP contribution in [0.1, 0.15) is 88.8 Å². The third-order valence-corrected chi connectivity index (χ3v) is 6.09. The smallest absolute Gasteiger partial charge is 0.329 e. The van der Waals surface area contributed by atoms with E-state index in [1.807, 2.05) is 0 Å². The summed E-state index contributed by atoms with van der Waals surface area (Å²) in [5.41, 5.74) is -1.12. The van der Waals surface area contributed by atoms with Gasteiger partial charge in [-0.1, -0.05) is 31.3 Å². The normalized spacial score (nSPS) is 26.7. The third kappa shape index (κ3) is 4.24. The van der Waals surface area contributed by atoms with Gasteiger partial charge in [0.15, 0.2) is 5.82 Å². The van der Waals surface area contributed by atoms with E-state index in [0.29, 0.717) is 37.0 Å². The van der Waals surface area contributed by atoms with Gasteiger partial charge in [0.25, 0.3) is 0 Å². The summed E-state index contributed by atoms with van der Waals surface area (Å²) >= 11 is 0. The van der Waals surface area contributed by atoms with Crippen LogP contribution >= 0.6 is 0 Å². The molecule has 26 heavy (non-hydrogen) atoms. The van der Waals surface area contributed by atoms with Crippen LogP contribution in [-0.2, 0) is 16.0 Å². The molecule has 1 aromatic rings. The largest absolute Gasteiger partial charge is 0.480 e. The van der Waals surface area contributed by atoms with E-state index in [-0.39, 0.29) is 12.3 Å². The SMILES string of the molecule is CCC1CCC(NC(=O)CCc2nc(C3CCCC3)no2)(C(=O)O)CC1. The Balaban J connectivity index is 1.52. The summed E-state index contributed by atoms with van der Waals surface area (Å²) in [6.07, 6.45) is 8.85. The molecule has 0 radical (unpaired) electrons. The van der Waals surface area contributed by atoms with E-state index in [0.717, 1.165) is 37.9 Å². The molecular formula is C19H29N3O4. The van der Waals surface area contributed by atoms with Gasteiger partial charge in [-0.25, -0.2) is 4.79 Å². The summed E-state index contributed by atoms with van der Waals surface area (Å²) in [6.45, 7) is 2.13. The van der Waals surface area contributed by atoms with Crippen LogP contribution in [0.5, 0.6) is 0 Å². The van der Waals surface area contributed by atoms with Gasteiger partial charge in [-0.2, -0.15) is 4.98 Å². The van der Waals surface area contributed by atoms with Crippen molar-refractivity contribution in [3.8, 4) is 0 Å². The highest BCUT2D eigenvalue weighted by molar-refractivity contribution is 5.87. The Bertz CT molecular complexity index is 628. The second-order valence-corrected chi connectivity index (χ2v) is 7.81. The summed E-state index contributed by atoms with van der Waals surface area (Å²) in [5, 5.41) is 16.5. The van der Waals surface area contributed by atoms with Gasteiger partial charge in [0.1, 0.15) is 5.54 Å². The highest BCUT2D eigenvalue weighted by Gasteiger charge is 2.42. The first-order valence-electron chi connectivity index (χ1n) is 9.89. The van der Waals surface area contributed by atoms with Crippen molar-refractivity contribution in [2.45, 2.75) is 89.0 Å². The standard InChI is InChI=1S/C19H29N3O4/c1-2-13-9-11-19(12-10-13,18(24)25)21-15(23)7-8-16-20-17(22-26-16)14-5-3-4-6-14/h13-14H,2-12H2,1H3,(H,21,23)(H,24,25). The van der Waals surface area contributed by atoms with E-state index in [9.17, 15) is 14.7 Å². The van der Waals surface area contributed by atoms with Crippen LogP contribution in [0.3, 0.4) is 0 Å². The van der Waals surface area contributed by atoms with Crippen molar-refractivity contribution in [3.63, 3.8) is 0 Å². The number of carboxylic acid groups (broad SMARTS) is 1. The average molecular weight is 363 g/mol. The van der Waals surface area contributed by atoms with Crippen LogP contribution < -0.4 is 5.32 Å². The fourth-order valence-electron chi connectivity index (χ4n) is 4.24. The average Bonchev–Trinajstić information content (AvgIpc) is 3.32. The molecular weight excluding hydrogens is 334 g/mol. The maximum absolute atomic E-state index is 12.3. The number of carbonyl (C=O) groups is 2. The highest BCUT2D eigenvalue weighted by Crippen LogP contribution is 2.34. The molecule has 7 heteroatoms. The molecule has 2 aliphatic rings. The maximum atomic E-state index is 12.3. The number of amides is 1. The summed E-state index contributed by atoms with van der Waals surface area (Å²) in [6, 6.07) is 0. The van der Waals surface area contributed by atoms with E-state index < -0.39 is 11.5 Å². The second kappa shape index (κ2) is 8.18. The zero-order chi connectivity index (χ0) is 18.6. The van der Waals surface area contributed by atoms with Crippen molar-refractivity contribution >= 4 is 11.9 Å². The molecule has 0 aromatic carbocycles. The zero-order valence-corrected chi connectivity index (χ0v) is 15.5. The van der Waals surface area contributed by atoms with Crippen molar-refractivity contribution in [2.24, 2.45) is 5.92 Å². The number of carbonyl (C=O) groups excluding carboxylic acids is 1. The first kappa shape index (κ1) is 18.9. The van der Waals surface area contributed by atoms with Gasteiger partial charge >= 0.3 is 5.97 Å². The minimum atomic E-state index is -1.12. The van der Waals surface area contributed by atoms with Crippen LogP contribution in [0.25, 0.3) is 0 Å². The quantitative estimate of drug-likeness (QED) is 0.771. The number of aryl methyl sites for hydroxylation is 1. The lowest BCUT2D eigenvalue weighted by atomic mass is 9.75. The zero-order valence-electron chi connectivity index (χ0n) is 15.5. The summed E-state index contributed by atoms with van der Waals surface area (Å²) in [7, 11) is 0. The van der Waals surface area contributed by atoms with Crippen molar-refractivity contribution in [1.82, 2.24) is 15.5 Å². The molecule has 7 nitrogen and oxygen atoms in total. The predicted molar refractivity (Wildman–Crippen MR) is 94.6 cm³/mol. The van der Waals surface area contributed by atoms with Gasteiger partial charge in [-0.05, 0) is 44.4 Å². The Labute approximate surface area is 153 Å². The first-order chi connectivity index (χ1) is 12.5. The topological polar surface area (TPSA) is 105 Å². The van der Waals surface area contributed by atoms with Gasteiger partial charge < -0.3 is 14.9 Å². The Morgan fingerprint density at radius 2 is 1.92 bits per heavy atom. The number of nitrogens with one attached hydrogen (secondary N) is 1. The lowest BCUT2D eigenvalue weighted by Gasteiger charge is -2.37. The number of aromatic nitrogens is 2. The molecule has 1 amide bonds. The van der Waals surface area contributed by atoms with Crippen LogP contribution in [0.2, 0.25) is 0 Å². The molecule has 0 bridgehead atoms. The number of rotatable bonds is 7. The predicted octanol–water partition coefficient (Wildman–Crippen LogP) is 3.20. The molecule has 1 aromatic heterocycles. The lowest BCUT2D eigenvalue weighted by Crippen LogP contribution is -2.56. The summed E-state index contributed by atoms with van der Waals surface area (Å²) < 4.78 is 5.26. The van der Waals surface area contributed by atoms with Crippen LogP contribution in [0.4, 0.5) is 0 Å².